The number of rotatable bonds is 5. The number of carbonyl (C=O) groups excluding carboxylic acids is 1. The van der Waals surface area contributed by atoms with Gasteiger partial charge in [0.1, 0.15) is 18.2 Å². The summed E-state index contributed by atoms with van der Waals surface area (Å²) in [5.41, 5.74) is 1.45. The number of alkyl carbamates (subject to hydrolysis) is 1. The summed E-state index contributed by atoms with van der Waals surface area (Å²) < 4.78 is 23.4. The number of carbonyl (C=O) groups is 1. The molecule has 0 atom stereocenters. The van der Waals surface area contributed by atoms with Crippen molar-refractivity contribution in [1.29, 1.82) is 0 Å². The van der Waals surface area contributed by atoms with E-state index in [0.717, 1.165) is 5.56 Å². The highest BCUT2D eigenvalue weighted by molar-refractivity contribution is 5.67. The molecule has 0 aliphatic rings. The van der Waals surface area contributed by atoms with Crippen molar-refractivity contribution in [3.05, 3.63) is 65.5 Å². The third kappa shape index (κ3) is 6.01. The Kier molecular flexibility index (Phi) is 6.66. The average molecular weight is 327 g/mol. The Labute approximate surface area is 140 Å². The summed E-state index contributed by atoms with van der Waals surface area (Å²) in [6, 6.07) is 13.7. The molecule has 0 unspecified atom stereocenters. The van der Waals surface area contributed by atoms with Gasteiger partial charge in [-0.15, -0.1) is 0 Å². The van der Waals surface area contributed by atoms with E-state index < -0.39 is 11.9 Å². The molecule has 24 heavy (non-hydrogen) atoms. The zero-order valence-corrected chi connectivity index (χ0v) is 13.3. The molecule has 2 rings (SSSR count). The van der Waals surface area contributed by atoms with Crippen molar-refractivity contribution < 1.29 is 18.7 Å². The zero-order valence-electron chi connectivity index (χ0n) is 13.3. The molecule has 0 aliphatic carbocycles. The van der Waals surface area contributed by atoms with Crippen LogP contribution in [0.15, 0.2) is 48.5 Å². The van der Waals surface area contributed by atoms with Crippen molar-refractivity contribution in [2.45, 2.75) is 13.0 Å². The van der Waals surface area contributed by atoms with Gasteiger partial charge < -0.3 is 14.8 Å². The summed E-state index contributed by atoms with van der Waals surface area (Å²) in [6.45, 7) is 0.578. The highest BCUT2D eigenvalue weighted by atomic mass is 19.1. The molecule has 0 saturated heterocycles. The molecule has 0 aliphatic heterocycles. The van der Waals surface area contributed by atoms with Gasteiger partial charge in [0.05, 0.1) is 7.11 Å². The smallest absolute Gasteiger partial charge is 0.407 e. The highest BCUT2D eigenvalue weighted by Gasteiger charge is 2.01. The number of amides is 1. The lowest BCUT2D eigenvalue weighted by molar-refractivity contribution is 0.140. The molecular weight excluding hydrogens is 309 g/mol. The molecule has 1 amide bonds. The molecule has 0 aromatic heterocycles. The summed E-state index contributed by atoms with van der Waals surface area (Å²) in [7, 11) is 1.47. The Morgan fingerprint density at radius 1 is 1.21 bits per heavy atom. The number of ether oxygens (including phenoxy) is 2. The fourth-order valence-corrected chi connectivity index (χ4v) is 1.92. The topological polar surface area (TPSA) is 47.6 Å². The van der Waals surface area contributed by atoms with E-state index in [4.69, 9.17) is 9.47 Å². The van der Waals surface area contributed by atoms with Crippen LogP contribution >= 0.6 is 0 Å². The summed E-state index contributed by atoms with van der Waals surface area (Å²) in [4.78, 5) is 11.5. The van der Waals surface area contributed by atoms with Crippen LogP contribution in [0.3, 0.4) is 0 Å². The normalized spacial score (nSPS) is 9.58. The Hall–Kier alpha value is -3.00. The van der Waals surface area contributed by atoms with Crippen LogP contribution in [0.1, 0.15) is 17.5 Å². The van der Waals surface area contributed by atoms with E-state index >= 15 is 0 Å². The molecule has 4 nitrogen and oxygen atoms in total. The molecular formula is C19H18FNO3. The number of hydrogen-bond acceptors (Lipinski definition) is 3. The molecule has 0 spiro atoms. The lowest BCUT2D eigenvalue weighted by Gasteiger charge is -2.05. The molecule has 124 valence electrons. The van der Waals surface area contributed by atoms with Crippen LogP contribution in [0.5, 0.6) is 5.75 Å². The van der Waals surface area contributed by atoms with Gasteiger partial charge in [-0.1, -0.05) is 42.2 Å². The number of benzene rings is 2. The van der Waals surface area contributed by atoms with Gasteiger partial charge in [0.2, 0.25) is 0 Å². The second-order valence-electron chi connectivity index (χ2n) is 4.92. The molecule has 0 heterocycles. The predicted molar refractivity (Wildman–Crippen MR) is 89.1 cm³/mol. The number of methoxy groups -OCH3 is 1. The summed E-state index contributed by atoms with van der Waals surface area (Å²) >= 11 is 0. The van der Waals surface area contributed by atoms with E-state index in [0.29, 0.717) is 24.3 Å². The fraction of sp³-hybridized carbons (Fsp3) is 0.211. The fourth-order valence-electron chi connectivity index (χ4n) is 1.92. The van der Waals surface area contributed by atoms with Crippen LogP contribution in [0.2, 0.25) is 0 Å². The van der Waals surface area contributed by atoms with Crippen LogP contribution in [-0.2, 0) is 11.3 Å². The maximum atomic E-state index is 13.3. The standard InChI is InChI=1S/C19H18FNO3/c1-23-18-12-16(11-17(20)13-18)9-5-6-10-21-19(22)24-14-15-7-3-2-4-8-15/h2-4,7-8,11-13H,6,10,14H2,1H3,(H,21,22). The summed E-state index contributed by atoms with van der Waals surface area (Å²) in [6.07, 6.45) is -0.0627. The molecule has 2 aromatic rings. The first-order chi connectivity index (χ1) is 11.7. The largest absolute Gasteiger partial charge is 0.497 e. The van der Waals surface area contributed by atoms with Gasteiger partial charge in [0.15, 0.2) is 0 Å². The number of halogens is 1. The molecule has 0 radical (unpaired) electrons. The minimum absolute atomic E-state index is 0.224. The number of nitrogens with one attached hydrogen (secondary N) is 1. The van der Waals surface area contributed by atoms with Crippen LogP contribution in [0, 0.1) is 17.7 Å². The van der Waals surface area contributed by atoms with Crippen molar-refractivity contribution in [2.75, 3.05) is 13.7 Å². The first-order valence-electron chi connectivity index (χ1n) is 7.45. The van der Waals surface area contributed by atoms with Gasteiger partial charge in [-0.2, -0.15) is 0 Å². The zero-order chi connectivity index (χ0) is 17.2. The molecule has 2 aromatic carbocycles. The van der Waals surface area contributed by atoms with Crippen molar-refractivity contribution >= 4 is 6.09 Å². The van der Waals surface area contributed by atoms with Gasteiger partial charge in [0, 0.05) is 24.6 Å². The van der Waals surface area contributed by atoms with Crippen LogP contribution in [-0.4, -0.2) is 19.7 Å². The Morgan fingerprint density at radius 2 is 2.00 bits per heavy atom. The highest BCUT2D eigenvalue weighted by Crippen LogP contribution is 2.14. The van der Waals surface area contributed by atoms with E-state index in [2.05, 4.69) is 17.2 Å². The first-order valence-corrected chi connectivity index (χ1v) is 7.45. The lowest BCUT2D eigenvalue weighted by atomic mass is 10.2. The van der Waals surface area contributed by atoms with Crippen LogP contribution in [0.25, 0.3) is 0 Å². The lowest BCUT2D eigenvalue weighted by Crippen LogP contribution is -2.24. The Morgan fingerprint density at radius 3 is 2.75 bits per heavy atom. The molecule has 5 heteroatoms. The van der Waals surface area contributed by atoms with E-state index in [1.165, 1.54) is 19.2 Å². The minimum atomic E-state index is -0.493. The van der Waals surface area contributed by atoms with Crippen LogP contribution < -0.4 is 10.1 Å². The van der Waals surface area contributed by atoms with E-state index in [1.54, 1.807) is 6.07 Å². The molecule has 1 N–H and O–H groups in total. The maximum Gasteiger partial charge on any atom is 0.407 e. The van der Waals surface area contributed by atoms with Gasteiger partial charge >= 0.3 is 6.09 Å². The SMILES string of the molecule is COc1cc(F)cc(C#CCCNC(=O)OCc2ccccc2)c1. The second-order valence-corrected chi connectivity index (χ2v) is 4.92. The Bertz CT molecular complexity index is 735. The van der Waals surface area contributed by atoms with Crippen molar-refractivity contribution in [3.63, 3.8) is 0 Å². The van der Waals surface area contributed by atoms with E-state index in [9.17, 15) is 9.18 Å². The predicted octanol–water partition coefficient (Wildman–Crippen LogP) is 3.50. The third-order valence-corrected chi connectivity index (χ3v) is 3.07. The van der Waals surface area contributed by atoms with Gasteiger partial charge in [-0.3, -0.25) is 0 Å². The second kappa shape index (κ2) is 9.21. The average Bonchev–Trinajstić information content (AvgIpc) is 2.60. The molecule has 0 saturated carbocycles. The summed E-state index contributed by atoms with van der Waals surface area (Å²) in [5.74, 6) is 5.71. The van der Waals surface area contributed by atoms with Gasteiger partial charge in [-0.25, -0.2) is 9.18 Å². The third-order valence-electron chi connectivity index (χ3n) is 3.07. The number of hydrogen-bond donors (Lipinski definition) is 1. The molecule has 0 fully saturated rings. The van der Waals surface area contributed by atoms with Crippen molar-refractivity contribution in [1.82, 2.24) is 5.32 Å². The first kappa shape index (κ1) is 17.4. The van der Waals surface area contributed by atoms with Crippen molar-refractivity contribution in [3.8, 4) is 17.6 Å². The van der Waals surface area contributed by atoms with Gasteiger partial charge in [0.25, 0.3) is 0 Å². The Balaban J connectivity index is 1.71. The molecule has 0 bridgehead atoms. The van der Waals surface area contributed by atoms with E-state index in [1.807, 2.05) is 30.3 Å². The quantitative estimate of drug-likeness (QED) is 0.675. The van der Waals surface area contributed by atoms with E-state index in [-0.39, 0.29) is 6.61 Å². The summed E-state index contributed by atoms with van der Waals surface area (Å²) in [5, 5.41) is 2.61. The maximum absolute atomic E-state index is 13.3. The monoisotopic (exact) mass is 327 g/mol. The van der Waals surface area contributed by atoms with Crippen LogP contribution in [0.4, 0.5) is 9.18 Å². The minimum Gasteiger partial charge on any atom is -0.497 e. The van der Waals surface area contributed by atoms with Crippen molar-refractivity contribution in [2.24, 2.45) is 0 Å². The van der Waals surface area contributed by atoms with Gasteiger partial charge in [-0.05, 0) is 17.7 Å².